The van der Waals surface area contributed by atoms with Crippen LogP contribution >= 0.6 is 23.1 Å². The Morgan fingerprint density at radius 1 is 1.33 bits per heavy atom. The number of thioether (sulfide) groups is 1. The Kier molecular flexibility index (Phi) is 4.96. The van der Waals surface area contributed by atoms with Gasteiger partial charge in [-0.1, -0.05) is 36.4 Å². The quantitative estimate of drug-likeness (QED) is 0.708. The third kappa shape index (κ3) is 3.65. The summed E-state index contributed by atoms with van der Waals surface area (Å²) in [5, 5.41) is 2.78. The highest BCUT2D eigenvalue weighted by atomic mass is 32.2. The molecule has 0 aliphatic heterocycles. The number of nitrogens with one attached hydrogen (secondary N) is 1. The largest absolute Gasteiger partial charge is 0.325 e. The van der Waals surface area contributed by atoms with Gasteiger partial charge in [-0.2, -0.15) is 0 Å². The molecular formula is C16H16N4O2S2. The SMILES string of the molecule is CCSc1nc2ncn(CC(=O)Nc3ccc(C)cc3)c(=O)c2s1. The third-order valence-electron chi connectivity index (χ3n) is 3.28. The molecule has 1 amide bonds. The molecule has 24 heavy (non-hydrogen) atoms. The van der Waals surface area contributed by atoms with Gasteiger partial charge in [0.15, 0.2) is 9.99 Å². The lowest BCUT2D eigenvalue weighted by Gasteiger charge is -2.07. The topological polar surface area (TPSA) is 76.9 Å². The lowest BCUT2D eigenvalue weighted by atomic mass is 10.2. The first-order valence-corrected chi connectivity index (χ1v) is 9.22. The second-order valence-corrected chi connectivity index (χ2v) is 7.67. The van der Waals surface area contributed by atoms with Gasteiger partial charge in [-0.3, -0.25) is 14.2 Å². The lowest BCUT2D eigenvalue weighted by molar-refractivity contribution is -0.116. The van der Waals surface area contributed by atoms with E-state index in [0.717, 1.165) is 15.7 Å². The molecule has 0 saturated heterocycles. The number of carbonyl (C=O) groups excluding carboxylic acids is 1. The third-order valence-corrected chi connectivity index (χ3v) is 5.34. The number of aryl methyl sites for hydroxylation is 1. The van der Waals surface area contributed by atoms with Gasteiger partial charge in [0.25, 0.3) is 5.56 Å². The minimum atomic E-state index is -0.269. The number of hydrogen-bond donors (Lipinski definition) is 1. The molecule has 0 atom stereocenters. The van der Waals surface area contributed by atoms with Crippen LogP contribution in [0.2, 0.25) is 0 Å². The van der Waals surface area contributed by atoms with Crippen molar-refractivity contribution >= 4 is 45.0 Å². The molecule has 0 saturated carbocycles. The fourth-order valence-electron chi connectivity index (χ4n) is 2.12. The molecule has 3 aromatic rings. The van der Waals surface area contributed by atoms with Crippen LogP contribution in [0.5, 0.6) is 0 Å². The van der Waals surface area contributed by atoms with Crippen molar-refractivity contribution in [2.45, 2.75) is 24.7 Å². The number of thiazole rings is 1. The predicted molar refractivity (Wildman–Crippen MR) is 97.9 cm³/mol. The Morgan fingerprint density at radius 2 is 2.08 bits per heavy atom. The standard InChI is InChI=1S/C16H16N4O2S2/c1-3-23-16-19-14-13(24-16)15(22)20(9-17-14)8-12(21)18-11-6-4-10(2)5-7-11/h4-7,9H,3,8H2,1-2H3,(H,18,21). The maximum absolute atomic E-state index is 12.5. The van der Waals surface area contributed by atoms with E-state index in [-0.39, 0.29) is 18.0 Å². The number of aromatic nitrogens is 3. The van der Waals surface area contributed by atoms with Crippen molar-refractivity contribution < 1.29 is 4.79 Å². The summed E-state index contributed by atoms with van der Waals surface area (Å²) in [7, 11) is 0. The molecule has 0 aliphatic carbocycles. The molecule has 0 fully saturated rings. The van der Waals surface area contributed by atoms with Gasteiger partial charge < -0.3 is 5.32 Å². The lowest BCUT2D eigenvalue weighted by Crippen LogP contribution is -2.27. The Labute approximate surface area is 147 Å². The van der Waals surface area contributed by atoms with Crippen LogP contribution in [-0.2, 0) is 11.3 Å². The first-order valence-electron chi connectivity index (χ1n) is 7.42. The summed E-state index contributed by atoms with van der Waals surface area (Å²) in [5.41, 5.74) is 2.02. The molecular weight excluding hydrogens is 344 g/mol. The number of nitrogens with zero attached hydrogens (tertiary/aromatic N) is 3. The summed E-state index contributed by atoms with van der Waals surface area (Å²) < 4.78 is 2.61. The van der Waals surface area contributed by atoms with Gasteiger partial charge in [0, 0.05) is 5.69 Å². The van der Waals surface area contributed by atoms with E-state index in [2.05, 4.69) is 15.3 Å². The Bertz CT molecular complexity index is 931. The highest BCUT2D eigenvalue weighted by Gasteiger charge is 2.13. The van der Waals surface area contributed by atoms with Crippen LogP contribution in [0.25, 0.3) is 10.3 Å². The van der Waals surface area contributed by atoms with E-state index in [4.69, 9.17) is 0 Å². The minimum absolute atomic E-state index is 0.0796. The summed E-state index contributed by atoms with van der Waals surface area (Å²) in [6, 6.07) is 7.49. The van der Waals surface area contributed by atoms with Crippen molar-refractivity contribution in [1.29, 1.82) is 0 Å². The summed E-state index contributed by atoms with van der Waals surface area (Å²) in [4.78, 5) is 33.1. The monoisotopic (exact) mass is 360 g/mol. The number of carbonyl (C=O) groups is 1. The van der Waals surface area contributed by atoms with E-state index < -0.39 is 0 Å². The first-order chi connectivity index (χ1) is 11.6. The van der Waals surface area contributed by atoms with Crippen LogP contribution in [0.3, 0.4) is 0 Å². The van der Waals surface area contributed by atoms with E-state index >= 15 is 0 Å². The molecule has 124 valence electrons. The van der Waals surface area contributed by atoms with Gasteiger partial charge >= 0.3 is 0 Å². The zero-order valence-electron chi connectivity index (χ0n) is 13.3. The van der Waals surface area contributed by atoms with E-state index in [1.165, 1.54) is 22.2 Å². The Balaban J connectivity index is 1.79. The highest BCUT2D eigenvalue weighted by Crippen LogP contribution is 2.25. The maximum Gasteiger partial charge on any atom is 0.273 e. The zero-order valence-corrected chi connectivity index (χ0v) is 14.9. The molecule has 1 aromatic carbocycles. The molecule has 0 spiro atoms. The van der Waals surface area contributed by atoms with Crippen molar-refractivity contribution in [1.82, 2.24) is 14.5 Å². The van der Waals surface area contributed by atoms with Crippen molar-refractivity contribution in [3.63, 3.8) is 0 Å². The fourth-order valence-corrected chi connectivity index (χ4v) is 4.06. The second-order valence-electron chi connectivity index (χ2n) is 5.16. The van der Waals surface area contributed by atoms with Crippen molar-refractivity contribution in [2.75, 3.05) is 11.1 Å². The predicted octanol–water partition coefficient (Wildman–Crippen LogP) is 2.91. The number of hydrogen-bond acceptors (Lipinski definition) is 6. The number of amides is 1. The molecule has 0 unspecified atom stereocenters. The molecule has 6 nitrogen and oxygen atoms in total. The van der Waals surface area contributed by atoms with Crippen molar-refractivity contribution in [3.05, 3.63) is 46.5 Å². The molecule has 1 N–H and O–H groups in total. The highest BCUT2D eigenvalue weighted by molar-refractivity contribution is 8.01. The summed E-state index contributed by atoms with van der Waals surface area (Å²) in [5.74, 6) is 0.613. The summed E-state index contributed by atoms with van der Waals surface area (Å²) >= 11 is 2.89. The number of anilines is 1. The van der Waals surface area contributed by atoms with Crippen LogP contribution in [0.4, 0.5) is 5.69 Å². The maximum atomic E-state index is 12.5. The van der Waals surface area contributed by atoms with Crippen LogP contribution < -0.4 is 10.9 Å². The van der Waals surface area contributed by atoms with Crippen molar-refractivity contribution in [3.8, 4) is 0 Å². The number of benzene rings is 1. The average molecular weight is 360 g/mol. The molecule has 8 heteroatoms. The second kappa shape index (κ2) is 7.14. The van der Waals surface area contributed by atoms with Crippen LogP contribution in [-0.4, -0.2) is 26.2 Å². The van der Waals surface area contributed by atoms with Gasteiger partial charge in [-0.15, -0.1) is 11.3 Å². The summed E-state index contributed by atoms with van der Waals surface area (Å²) in [6.45, 7) is 3.92. The molecule has 2 heterocycles. The molecule has 0 bridgehead atoms. The van der Waals surface area contributed by atoms with Crippen LogP contribution in [0, 0.1) is 6.92 Å². The normalized spacial score (nSPS) is 10.9. The van der Waals surface area contributed by atoms with Gasteiger partial charge in [0.1, 0.15) is 17.6 Å². The van der Waals surface area contributed by atoms with E-state index in [9.17, 15) is 9.59 Å². The van der Waals surface area contributed by atoms with Crippen molar-refractivity contribution in [2.24, 2.45) is 0 Å². The molecule has 0 aliphatic rings. The minimum Gasteiger partial charge on any atom is -0.325 e. The molecule has 0 radical (unpaired) electrons. The molecule has 2 aromatic heterocycles. The fraction of sp³-hybridized carbons (Fsp3) is 0.250. The number of fused-ring (bicyclic) bond motifs is 1. The zero-order chi connectivity index (χ0) is 17.1. The summed E-state index contributed by atoms with van der Waals surface area (Å²) in [6.07, 6.45) is 1.37. The van der Waals surface area contributed by atoms with Gasteiger partial charge in [-0.25, -0.2) is 9.97 Å². The first kappa shape index (κ1) is 16.7. The average Bonchev–Trinajstić information content (AvgIpc) is 2.96. The van der Waals surface area contributed by atoms with Gasteiger partial charge in [0.05, 0.1) is 0 Å². The van der Waals surface area contributed by atoms with Gasteiger partial charge in [-0.05, 0) is 24.8 Å². The number of rotatable bonds is 5. The Hall–Kier alpha value is -2.19. The molecule has 3 rings (SSSR count). The van der Waals surface area contributed by atoms with Gasteiger partial charge in [0.2, 0.25) is 5.91 Å². The van der Waals surface area contributed by atoms with Crippen LogP contribution in [0.15, 0.2) is 39.7 Å². The van der Waals surface area contributed by atoms with Crippen LogP contribution in [0.1, 0.15) is 12.5 Å². The Morgan fingerprint density at radius 3 is 2.79 bits per heavy atom. The van der Waals surface area contributed by atoms with E-state index in [1.54, 1.807) is 11.8 Å². The van der Waals surface area contributed by atoms with E-state index in [1.807, 2.05) is 38.1 Å². The smallest absolute Gasteiger partial charge is 0.273 e. The van der Waals surface area contributed by atoms with E-state index in [0.29, 0.717) is 16.0 Å².